The molecule has 0 aromatic heterocycles. The first kappa shape index (κ1) is 15.2. The van der Waals surface area contributed by atoms with Gasteiger partial charge in [0.1, 0.15) is 0 Å². The lowest BCUT2D eigenvalue weighted by atomic mass is 10.3. The van der Waals surface area contributed by atoms with Crippen molar-refractivity contribution in [2.45, 2.75) is 17.1 Å². The van der Waals surface area contributed by atoms with E-state index in [4.69, 9.17) is 23.2 Å². The van der Waals surface area contributed by atoms with E-state index in [1.165, 1.54) is 11.8 Å². The van der Waals surface area contributed by atoms with E-state index in [1.807, 2.05) is 37.3 Å². The molecular weight excluding hydrogens is 313 g/mol. The maximum Gasteiger partial charge on any atom is 0.237 e. The molecule has 0 radical (unpaired) electrons. The van der Waals surface area contributed by atoms with Gasteiger partial charge in [0.25, 0.3) is 0 Å². The molecule has 2 nitrogen and oxygen atoms in total. The zero-order valence-electron chi connectivity index (χ0n) is 10.8. The number of thioether (sulfide) groups is 1. The van der Waals surface area contributed by atoms with E-state index < -0.39 is 0 Å². The minimum absolute atomic E-state index is 0.0944. The molecule has 0 aliphatic heterocycles. The molecule has 0 aliphatic rings. The summed E-state index contributed by atoms with van der Waals surface area (Å²) in [6.45, 7) is 1.86. The second kappa shape index (κ2) is 7.02. The van der Waals surface area contributed by atoms with Crippen LogP contribution in [0.3, 0.4) is 0 Å². The molecule has 1 atom stereocenters. The van der Waals surface area contributed by atoms with Crippen molar-refractivity contribution in [3.05, 3.63) is 58.6 Å². The van der Waals surface area contributed by atoms with Crippen LogP contribution in [-0.4, -0.2) is 11.2 Å². The molecule has 1 N–H and O–H groups in total. The number of carbonyl (C=O) groups is 1. The molecule has 2 aromatic carbocycles. The van der Waals surface area contributed by atoms with E-state index >= 15 is 0 Å². The van der Waals surface area contributed by atoms with Crippen LogP contribution in [0.4, 0.5) is 5.69 Å². The molecule has 5 heteroatoms. The SMILES string of the molecule is CC(Sc1ccccc1)C(=O)Nc1ccc(Cl)cc1Cl. The Morgan fingerprint density at radius 1 is 1.15 bits per heavy atom. The normalized spacial score (nSPS) is 11.9. The van der Waals surface area contributed by atoms with Crippen LogP contribution in [0.1, 0.15) is 6.92 Å². The van der Waals surface area contributed by atoms with Gasteiger partial charge in [-0.25, -0.2) is 0 Å². The topological polar surface area (TPSA) is 29.1 Å². The van der Waals surface area contributed by atoms with Crippen LogP contribution in [0.15, 0.2) is 53.4 Å². The van der Waals surface area contributed by atoms with Gasteiger partial charge < -0.3 is 5.32 Å². The third kappa shape index (κ3) is 4.17. The molecule has 2 rings (SSSR count). The van der Waals surface area contributed by atoms with E-state index in [0.717, 1.165) is 4.90 Å². The zero-order chi connectivity index (χ0) is 14.5. The number of rotatable bonds is 4. The summed E-state index contributed by atoms with van der Waals surface area (Å²) in [5, 5.41) is 3.56. The summed E-state index contributed by atoms with van der Waals surface area (Å²) in [4.78, 5) is 13.2. The van der Waals surface area contributed by atoms with Crippen molar-refractivity contribution in [2.24, 2.45) is 0 Å². The summed E-state index contributed by atoms with van der Waals surface area (Å²) in [5.41, 5.74) is 0.571. The molecule has 0 bridgehead atoms. The molecule has 1 amide bonds. The summed E-state index contributed by atoms with van der Waals surface area (Å²) < 4.78 is 0. The first-order valence-electron chi connectivity index (χ1n) is 6.04. The van der Waals surface area contributed by atoms with E-state index in [-0.39, 0.29) is 11.2 Å². The maximum absolute atomic E-state index is 12.1. The van der Waals surface area contributed by atoms with Gasteiger partial charge in [-0.15, -0.1) is 11.8 Å². The van der Waals surface area contributed by atoms with Crippen molar-refractivity contribution >= 4 is 46.6 Å². The number of nitrogens with one attached hydrogen (secondary N) is 1. The molecule has 0 aliphatic carbocycles. The highest BCUT2D eigenvalue weighted by atomic mass is 35.5. The van der Waals surface area contributed by atoms with Gasteiger partial charge in [0, 0.05) is 9.92 Å². The summed E-state index contributed by atoms with van der Waals surface area (Å²) in [7, 11) is 0. The summed E-state index contributed by atoms with van der Waals surface area (Å²) in [6, 6.07) is 14.8. The Kier molecular flexibility index (Phi) is 5.35. The van der Waals surface area contributed by atoms with Gasteiger partial charge in [0.2, 0.25) is 5.91 Å². The molecule has 0 fully saturated rings. The van der Waals surface area contributed by atoms with Gasteiger partial charge in [0.15, 0.2) is 0 Å². The fraction of sp³-hybridized carbons (Fsp3) is 0.133. The monoisotopic (exact) mass is 325 g/mol. The average molecular weight is 326 g/mol. The quantitative estimate of drug-likeness (QED) is 0.791. The Morgan fingerprint density at radius 2 is 1.85 bits per heavy atom. The van der Waals surface area contributed by atoms with Gasteiger partial charge in [-0.2, -0.15) is 0 Å². The third-order valence-corrected chi connectivity index (χ3v) is 4.27. The van der Waals surface area contributed by atoms with Crippen LogP contribution in [0.2, 0.25) is 10.0 Å². The Labute approximate surface area is 132 Å². The standard InChI is InChI=1S/C15H13Cl2NOS/c1-10(20-12-5-3-2-4-6-12)15(19)18-14-8-7-11(16)9-13(14)17/h2-10H,1H3,(H,18,19). The lowest BCUT2D eigenvalue weighted by Gasteiger charge is -2.13. The number of benzene rings is 2. The van der Waals surface area contributed by atoms with E-state index in [9.17, 15) is 4.79 Å². The molecule has 0 saturated carbocycles. The van der Waals surface area contributed by atoms with Crippen LogP contribution in [0, 0.1) is 0 Å². The van der Waals surface area contributed by atoms with Crippen LogP contribution >= 0.6 is 35.0 Å². The van der Waals surface area contributed by atoms with Gasteiger partial charge in [-0.3, -0.25) is 4.79 Å². The lowest BCUT2D eigenvalue weighted by Crippen LogP contribution is -2.22. The summed E-state index contributed by atoms with van der Waals surface area (Å²) >= 11 is 13.4. The minimum atomic E-state index is -0.218. The number of carbonyl (C=O) groups excluding carboxylic acids is 1. The number of anilines is 1. The Hall–Kier alpha value is -1.16. The van der Waals surface area contributed by atoms with Gasteiger partial charge in [0.05, 0.1) is 16.0 Å². The number of amides is 1. The smallest absolute Gasteiger partial charge is 0.237 e. The molecule has 1 unspecified atom stereocenters. The molecule has 0 heterocycles. The largest absolute Gasteiger partial charge is 0.324 e. The lowest BCUT2D eigenvalue weighted by molar-refractivity contribution is -0.115. The molecule has 20 heavy (non-hydrogen) atoms. The molecule has 0 saturated heterocycles. The first-order valence-corrected chi connectivity index (χ1v) is 7.67. The highest BCUT2D eigenvalue weighted by molar-refractivity contribution is 8.00. The van der Waals surface area contributed by atoms with Crippen LogP contribution in [0.5, 0.6) is 0 Å². The Morgan fingerprint density at radius 3 is 2.50 bits per heavy atom. The number of hydrogen-bond acceptors (Lipinski definition) is 2. The molecule has 0 spiro atoms. The van der Waals surface area contributed by atoms with E-state index in [1.54, 1.807) is 18.2 Å². The first-order chi connectivity index (χ1) is 9.56. The third-order valence-electron chi connectivity index (χ3n) is 2.61. The second-order valence-corrected chi connectivity index (χ2v) is 6.44. The number of halogens is 2. The van der Waals surface area contributed by atoms with Crippen molar-refractivity contribution < 1.29 is 4.79 Å². The molecule has 104 valence electrons. The summed E-state index contributed by atoms with van der Waals surface area (Å²) in [6.07, 6.45) is 0. The van der Waals surface area contributed by atoms with Crippen molar-refractivity contribution in [1.29, 1.82) is 0 Å². The second-order valence-electron chi connectivity index (χ2n) is 4.19. The average Bonchev–Trinajstić information content (AvgIpc) is 2.43. The predicted octanol–water partition coefficient (Wildman–Crippen LogP) is 5.11. The van der Waals surface area contributed by atoms with Crippen LogP contribution in [-0.2, 0) is 4.79 Å². The highest BCUT2D eigenvalue weighted by Crippen LogP contribution is 2.27. The fourth-order valence-corrected chi connectivity index (χ4v) is 2.93. The maximum atomic E-state index is 12.1. The minimum Gasteiger partial charge on any atom is -0.324 e. The van der Waals surface area contributed by atoms with Crippen molar-refractivity contribution in [1.82, 2.24) is 0 Å². The zero-order valence-corrected chi connectivity index (χ0v) is 13.1. The van der Waals surface area contributed by atoms with Crippen molar-refractivity contribution in [3.63, 3.8) is 0 Å². The molecule has 2 aromatic rings. The van der Waals surface area contributed by atoms with Crippen molar-refractivity contribution in [3.8, 4) is 0 Å². The number of hydrogen-bond donors (Lipinski definition) is 1. The highest BCUT2D eigenvalue weighted by Gasteiger charge is 2.15. The van der Waals surface area contributed by atoms with Gasteiger partial charge in [-0.05, 0) is 37.3 Å². The predicted molar refractivity (Wildman–Crippen MR) is 86.9 cm³/mol. The van der Waals surface area contributed by atoms with Gasteiger partial charge >= 0.3 is 0 Å². The summed E-state index contributed by atoms with van der Waals surface area (Å²) in [5.74, 6) is -0.0944. The van der Waals surface area contributed by atoms with Crippen molar-refractivity contribution in [2.75, 3.05) is 5.32 Å². The fourth-order valence-electron chi connectivity index (χ4n) is 1.58. The van der Waals surface area contributed by atoms with Crippen LogP contribution < -0.4 is 5.32 Å². The molecular formula is C15H13Cl2NOS. The van der Waals surface area contributed by atoms with E-state index in [0.29, 0.717) is 15.7 Å². The Balaban J connectivity index is 2.01. The van der Waals surface area contributed by atoms with E-state index in [2.05, 4.69) is 5.32 Å². The Bertz CT molecular complexity index is 604. The van der Waals surface area contributed by atoms with Gasteiger partial charge in [-0.1, -0.05) is 41.4 Å². The van der Waals surface area contributed by atoms with Crippen LogP contribution in [0.25, 0.3) is 0 Å².